The first-order valence-electron chi connectivity index (χ1n) is 20.9. The van der Waals surface area contributed by atoms with Crippen LogP contribution in [0.15, 0.2) is 30.3 Å². The van der Waals surface area contributed by atoms with E-state index in [1.807, 2.05) is 12.1 Å². The van der Waals surface area contributed by atoms with Crippen molar-refractivity contribution in [2.24, 2.45) is 0 Å². The second-order valence-corrected chi connectivity index (χ2v) is 17.6. The predicted molar refractivity (Wildman–Crippen MR) is 252 cm³/mol. The summed E-state index contributed by atoms with van der Waals surface area (Å²) in [4.78, 5) is 3.80. The zero-order valence-electron chi connectivity index (χ0n) is 38.1. The summed E-state index contributed by atoms with van der Waals surface area (Å²) in [6.45, 7) is 43.6. The van der Waals surface area contributed by atoms with Crippen LogP contribution in [0.25, 0.3) is 71.0 Å². The number of aromatic nitrogens is 2. The number of hydrogen-bond acceptors (Lipinski definition) is 2. The van der Waals surface area contributed by atoms with Crippen LogP contribution in [0.2, 0.25) is 0 Å². The maximum Gasteiger partial charge on any atom is 0.189 e. The minimum atomic E-state index is 0.399. The van der Waals surface area contributed by atoms with Crippen LogP contribution in [0.4, 0.5) is 5.69 Å². The van der Waals surface area contributed by atoms with Gasteiger partial charge in [0, 0.05) is 27.1 Å². The Labute approximate surface area is 354 Å². The van der Waals surface area contributed by atoms with Crippen LogP contribution < -0.4 is 0 Å². The van der Waals surface area contributed by atoms with Crippen LogP contribution >= 0.6 is 0 Å². The summed E-state index contributed by atoms with van der Waals surface area (Å²) in [5.41, 5.74) is 28.7. The topological polar surface area (TPSA) is 61.8 Å². The fraction of sp³-hybridized carbons (Fsp3) is 0.291. The fourth-order valence-electron chi connectivity index (χ4n) is 10.4. The highest BCUT2D eigenvalue weighted by Gasteiger charge is 2.30. The van der Waals surface area contributed by atoms with Crippen molar-refractivity contribution in [3.63, 3.8) is 0 Å². The molecule has 0 saturated heterocycles. The molecule has 0 aliphatic carbocycles. The number of rotatable bonds is 3. The predicted octanol–water partition coefficient (Wildman–Crippen LogP) is 14.8. The standard InChI is InChI=1S/C55H53N5/c1-25-29(5)37(13)52-48(33(25)9)49-34(10)26(2)30(6)38(14)53(49)59(52)46-21-43(42-18-41(23-56)19-44(20-42)58-17)22-47(45(46)24-57)60-54-39(15)31(7)27(3)35(11)50(54)51-36(12)28(4)32(8)40(16)55(51)60/h18-22H,1-16H3. The molecule has 8 aromatic rings. The molecule has 8 rings (SSSR count). The monoisotopic (exact) mass is 783 g/mol. The van der Waals surface area contributed by atoms with Crippen molar-refractivity contribution in [1.29, 1.82) is 10.5 Å². The number of aryl methyl sites for hydroxylation is 8. The van der Waals surface area contributed by atoms with Gasteiger partial charge in [-0.05, 0) is 241 Å². The summed E-state index contributed by atoms with van der Waals surface area (Å²) < 4.78 is 4.77. The van der Waals surface area contributed by atoms with Gasteiger partial charge in [-0.25, -0.2) is 4.85 Å². The van der Waals surface area contributed by atoms with Gasteiger partial charge >= 0.3 is 0 Å². The van der Waals surface area contributed by atoms with Gasteiger partial charge in [0.15, 0.2) is 5.69 Å². The molecule has 60 heavy (non-hydrogen) atoms. The fourth-order valence-corrected chi connectivity index (χ4v) is 10.4. The number of nitriles is 2. The van der Waals surface area contributed by atoms with E-state index in [2.05, 4.69) is 149 Å². The first-order chi connectivity index (χ1) is 28.3. The maximum atomic E-state index is 11.8. The van der Waals surface area contributed by atoms with E-state index in [4.69, 9.17) is 6.57 Å². The van der Waals surface area contributed by atoms with Gasteiger partial charge in [0.25, 0.3) is 0 Å². The second-order valence-electron chi connectivity index (χ2n) is 17.6. The lowest BCUT2D eigenvalue weighted by Crippen LogP contribution is -2.08. The molecule has 298 valence electrons. The molecule has 0 aliphatic heterocycles. The van der Waals surface area contributed by atoms with E-state index >= 15 is 0 Å². The van der Waals surface area contributed by atoms with Crippen molar-refractivity contribution in [2.75, 3.05) is 0 Å². The molecule has 2 aromatic heterocycles. The van der Waals surface area contributed by atoms with Crippen LogP contribution in [-0.2, 0) is 0 Å². The molecular formula is C55H53N5. The molecule has 0 aliphatic rings. The van der Waals surface area contributed by atoms with E-state index in [-0.39, 0.29) is 0 Å². The van der Waals surface area contributed by atoms with E-state index in [9.17, 15) is 10.5 Å². The lowest BCUT2D eigenvalue weighted by Gasteiger charge is -2.22. The van der Waals surface area contributed by atoms with E-state index < -0.39 is 0 Å². The van der Waals surface area contributed by atoms with Crippen LogP contribution in [-0.4, -0.2) is 9.13 Å². The summed E-state index contributed by atoms with van der Waals surface area (Å²) in [5.74, 6) is 0. The number of nitrogens with zero attached hydrogens (tertiary/aromatic N) is 5. The van der Waals surface area contributed by atoms with Crippen molar-refractivity contribution in [3.05, 3.63) is 142 Å². The average Bonchev–Trinajstić information content (AvgIpc) is 3.80. The lowest BCUT2D eigenvalue weighted by molar-refractivity contribution is 1.08. The molecule has 0 atom stereocenters. The van der Waals surface area contributed by atoms with E-state index in [1.165, 1.54) is 111 Å². The van der Waals surface area contributed by atoms with Crippen LogP contribution in [0.3, 0.4) is 0 Å². The molecule has 6 aromatic carbocycles. The van der Waals surface area contributed by atoms with E-state index in [0.29, 0.717) is 16.8 Å². The lowest BCUT2D eigenvalue weighted by atomic mass is 9.90. The number of fused-ring (bicyclic) bond motifs is 6. The third kappa shape index (κ3) is 5.14. The third-order valence-electron chi connectivity index (χ3n) is 15.2. The van der Waals surface area contributed by atoms with Crippen molar-refractivity contribution < 1.29 is 0 Å². The highest BCUT2D eigenvalue weighted by atomic mass is 15.0. The summed E-state index contributed by atoms with van der Waals surface area (Å²) >= 11 is 0. The Balaban J connectivity index is 1.74. The Hall–Kier alpha value is -6.61. The Kier molecular flexibility index (Phi) is 9.19. The molecule has 2 heterocycles. The molecule has 0 radical (unpaired) electrons. The molecule has 0 bridgehead atoms. The summed E-state index contributed by atoms with van der Waals surface area (Å²) in [6.07, 6.45) is 0. The molecule has 0 N–H and O–H groups in total. The van der Waals surface area contributed by atoms with Crippen molar-refractivity contribution in [3.8, 4) is 34.6 Å². The van der Waals surface area contributed by atoms with Crippen LogP contribution in [0, 0.1) is 140 Å². The first kappa shape index (κ1) is 40.2. The molecule has 5 heteroatoms. The summed E-state index contributed by atoms with van der Waals surface area (Å²) in [7, 11) is 0. The van der Waals surface area contributed by atoms with Crippen molar-refractivity contribution in [2.45, 2.75) is 111 Å². The van der Waals surface area contributed by atoms with Crippen molar-refractivity contribution >= 4 is 49.3 Å². The van der Waals surface area contributed by atoms with Crippen LogP contribution in [0.1, 0.15) is 100 Å². The third-order valence-corrected chi connectivity index (χ3v) is 15.2. The molecule has 0 fully saturated rings. The highest BCUT2D eigenvalue weighted by Crippen LogP contribution is 2.48. The van der Waals surface area contributed by atoms with Gasteiger partial charge in [-0.1, -0.05) is 0 Å². The minimum Gasteiger partial charge on any atom is -0.307 e. The number of benzene rings is 6. The SMILES string of the molecule is [C-]#[N+]c1cc(C#N)cc(-c2cc(-n3c4c(C)c(C)c(C)c(C)c4c4c(C)c(C)c(C)c(C)c43)c(C#N)c(-n3c4c(C)c(C)c(C)c(C)c4c4c(C)c(C)c(C)c(C)c43)c2)c1. The van der Waals surface area contributed by atoms with Gasteiger partial charge < -0.3 is 9.13 Å². The Morgan fingerprint density at radius 2 is 0.683 bits per heavy atom. The van der Waals surface area contributed by atoms with Crippen LogP contribution in [0.5, 0.6) is 0 Å². The summed E-state index contributed by atoms with van der Waals surface area (Å²) in [6, 6.07) is 14.8. The Morgan fingerprint density at radius 1 is 0.383 bits per heavy atom. The van der Waals surface area contributed by atoms with Crippen molar-refractivity contribution in [1.82, 2.24) is 9.13 Å². The largest absolute Gasteiger partial charge is 0.307 e. The smallest absolute Gasteiger partial charge is 0.189 e. The highest BCUT2D eigenvalue weighted by molar-refractivity contribution is 6.17. The van der Waals surface area contributed by atoms with E-state index in [0.717, 1.165) is 44.6 Å². The molecule has 0 spiro atoms. The molecule has 5 nitrogen and oxygen atoms in total. The maximum absolute atomic E-state index is 11.8. The molecule has 0 saturated carbocycles. The van der Waals surface area contributed by atoms with Gasteiger partial charge in [0.05, 0.1) is 46.1 Å². The Bertz CT molecular complexity index is 3080. The van der Waals surface area contributed by atoms with Gasteiger partial charge in [0.1, 0.15) is 11.6 Å². The first-order valence-corrected chi connectivity index (χ1v) is 20.9. The normalized spacial score (nSPS) is 11.6. The molecule has 0 amide bonds. The van der Waals surface area contributed by atoms with Gasteiger partial charge in [-0.2, -0.15) is 10.5 Å². The minimum absolute atomic E-state index is 0.399. The van der Waals surface area contributed by atoms with Gasteiger partial charge in [-0.3, -0.25) is 0 Å². The Morgan fingerprint density at radius 3 is 0.967 bits per heavy atom. The zero-order chi connectivity index (χ0) is 43.7. The van der Waals surface area contributed by atoms with E-state index in [1.54, 1.807) is 6.07 Å². The number of hydrogen-bond donors (Lipinski definition) is 0. The molecular weight excluding hydrogens is 731 g/mol. The van der Waals surface area contributed by atoms with Gasteiger partial charge in [-0.15, -0.1) is 0 Å². The average molecular weight is 784 g/mol. The molecule has 0 unspecified atom stereocenters. The second kappa shape index (κ2) is 13.7. The zero-order valence-corrected chi connectivity index (χ0v) is 38.1. The quantitative estimate of drug-likeness (QED) is 0.168. The summed E-state index contributed by atoms with van der Waals surface area (Å²) in [5, 5.41) is 26.9. The van der Waals surface area contributed by atoms with Gasteiger partial charge in [0.2, 0.25) is 0 Å².